The molecular formula is C17H21N3O4S. The molecule has 0 aliphatic rings. The van der Waals surface area contributed by atoms with Gasteiger partial charge in [-0.3, -0.25) is 9.59 Å². The molecule has 7 nitrogen and oxygen atoms in total. The molecule has 2 rings (SSSR count). The number of amides is 1. The van der Waals surface area contributed by atoms with Gasteiger partial charge in [0, 0.05) is 12.2 Å². The van der Waals surface area contributed by atoms with Crippen LogP contribution in [-0.4, -0.2) is 38.7 Å². The molecule has 1 heterocycles. The topological polar surface area (TPSA) is 112 Å². The summed E-state index contributed by atoms with van der Waals surface area (Å²) in [4.78, 5) is 42.0. The van der Waals surface area contributed by atoms with Crippen molar-refractivity contribution in [1.29, 1.82) is 0 Å². The number of thioether (sulfide) groups is 1. The monoisotopic (exact) mass is 363 g/mol. The van der Waals surface area contributed by atoms with Crippen molar-refractivity contribution in [3.63, 3.8) is 0 Å². The lowest BCUT2D eigenvalue weighted by atomic mass is 10.0. The summed E-state index contributed by atoms with van der Waals surface area (Å²) < 4.78 is 0. The lowest BCUT2D eigenvalue weighted by molar-refractivity contribution is -0.143. The first-order valence-electron chi connectivity index (χ1n) is 7.96. The van der Waals surface area contributed by atoms with Crippen molar-refractivity contribution in [3.8, 4) is 0 Å². The highest BCUT2D eigenvalue weighted by Crippen LogP contribution is 2.12. The van der Waals surface area contributed by atoms with Crippen molar-refractivity contribution in [2.75, 3.05) is 5.75 Å². The lowest BCUT2D eigenvalue weighted by Gasteiger charge is -2.17. The fraction of sp³-hybridized carbons (Fsp3) is 0.412. The van der Waals surface area contributed by atoms with E-state index in [1.54, 1.807) is 32.0 Å². The Morgan fingerprint density at radius 2 is 2.04 bits per heavy atom. The predicted octanol–water partition coefficient (Wildman–Crippen LogP) is 1.77. The Labute approximate surface area is 149 Å². The molecule has 2 aromatic rings. The molecule has 1 amide bonds. The van der Waals surface area contributed by atoms with Gasteiger partial charge in [0.2, 0.25) is 5.91 Å². The first-order chi connectivity index (χ1) is 11.9. The number of aliphatic carboxylic acids is 1. The minimum atomic E-state index is -1.03. The first-order valence-corrected chi connectivity index (χ1v) is 9.12. The molecule has 1 atom stereocenters. The molecule has 0 saturated carbocycles. The van der Waals surface area contributed by atoms with Crippen LogP contribution in [0.25, 0.3) is 10.9 Å². The van der Waals surface area contributed by atoms with Gasteiger partial charge in [0.05, 0.1) is 16.7 Å². The molecule has 0 radical (unpaired) electrons. The summed E-state index contributed by atoms with van der Waals surface area (Å²) in [6.07, 6.45) is 0.207. The second kappa shape index (κ2) is 8.66. The zero-order valence-electron chi connectivity index (χ0n) is 14.1. The molecule has 0 unspecified atom stereocenters. The van der Waals surface area contributed by atoms with Crippen molar-refractivity contribution in [2.24, 2.45) is 5.92 Å². The second-order valence-electron chi connectivity index (χ2n) is 5.96. The summed E-state index contributed by atoms with van der Waals surface area (Å²) in [6, 6.07) is 6.23. The van der Waals surface area contributed by atoms with E-state index in [0.717, 1.165) is 0 Å². The van der Waals surface area contributed by atoms with E-state index in [4.69, 9.17) is 5.11 Å². The van der Waals surface area contributed by atoms with Crippen LogP contribution in [0.3, 0.4) is 0 Å². The van der Waals surface area contributed by atoms with E-state index in [1.165, 1.54) is 11.8 Å². The number of H-pyrrole nitrogens is 1. The van der Waals surface area contributed by atoms with E-state index in [9.17, 15) is 14.4 Å². The number of para-hydroxylation sites is 1. The molecule has 0 bridgehead atoms. The summed E-state index contributed by atoms with van der Waals surface area (Å²) in [5.74, 6) is 0.0235. The van der Waals surface area contributed by atoms with Gasteiger partial charge in [0.25, 0.3) is 5.56 Å². The lowest BCUT2D eigenvalue weighted by Crippen LogP contribution is -2.44. The zero-order chi connectivity index (χ0) is 18.4. The molecule has 0 spiro atoms. The number of rotatable bonds is 8. The molecule has 0 fully saturated rings. The highest BCUT2D eigenvalue weighted by atomic mass is 32.2. The maximum absolute atomic E-state index is 12.0. The molecule has 0 aliphatic heterocycles. The number of hydrogen-bond acceptors (Lipinski definition) is 5. The number of aromatic amines is 1. The summed E-state index contributed by atoms with van der Waals surface area (Å²) in [7, 11) is 0. The van der Waals surface area contributed by atoms with Gasteiger partial charge in [0.1, 0.15) is 11.9 Å². The number of fused-ring (bicyclic) bond motifs is 1. The van der Waals surface area contributed by atoms with Gasteiger partial charge in [0.15, 0.2) is 0 Å². The summed E-state index contributed by atoms with van der Waals surface area (Å²) in [5.41, 5.74) is 0.459. The van der Waals surface area contributed by atoms with Crippen molar-refractivity contribution in [1.82, 2.24) is 15.3 Å². The third-order valence-electron chi connectivity index (χ3n) is 3.62. The van der Waals surface area contributed by atoms with Crippen LogP contribution in [0.1, 0.15) is 26.1 Å². The van der Waals surface area contributed by atoms with Crippen LogP contribution >= 0.6 is 11.8 Å². The van der Waals surface area contributed by atoms with Gasteiger partial charge < -0.3 is 15.4 Å². The minimum absolute atomic E-state index is 0.180. The molecule has 1 aromatic heterocycles. The fourth-order valence-electron chi connectivity index (χ4n) is 2.30. The molecule has 0 saturated heterocycles. The Morgan fingerprint density at radius 1 is 1.32 bits per heavy atom. The maximum Gasteiger partial charge on any atom is 0.326 e. The molecule has 25 heavy (non-hydrogen) atoms. The van der Waals surface area contributed by atoms with E-state index in [1.807, 2.05) is 6.07 Å². The summed E-state index contributed by atoms with van der Waals surface area (Å²) in [5, 5.41) is 12.1. The number of carbonyl (C=O) groups is 2. The Hall–Kier alpha value is -2.35. The Balaban J connectivity index is 1.84. The summed E-state index contributed by atoms with van der Waals surface area (Å²) >= 11 is 1.45. The highest BCUT2D eigenvalue weighted by Gasteiger charge is 2.22. The normalized spacial score (nSPS) is 12.3. The smallest absolute Gasteiger partial charge is 0.326 e. The molecule has 3 N–H and O–H groups in total. The largest absolute Gasteiger partial charge is 0.480 e. The number of nitrogens with one attached hydrogen (secondary N) is 2. The quantitative estimate of drug-likeness (QED) is 0.616. The van der Waals surface area contributed by atoms with Crippen molar-refractivity contribution in [2.45, 2.75) is 32.1 Å². The molecule has 1 aromatic carbocycles. The molecule has 0 aliphatic carbocycles. The number of carboxylic acids is 1. The van der Waals surface area contributed by atoms with E-state index in [-0.39, 0.29) is 23.8 Å². The van der Waals surface area contributed by atoms with Gasteiger partial charge in [-0.15, -0.1) is 0 Å². The number of benzene rings is 1. The van der Waals surface area contributed by atoms with Crippen molar-refractivity contribution in [3.05, 3.63) is 40.4 Å². The van der Waals surface area contributed by atoms with Crippen LogP contribution in [-0.2, 0) is 15.3 Å². The number of aromatic nitrogens is 2. The highest BCUT2D eigenvalue weighted by molar-refractivity contribution is 7.98. The van der Waals surface area contributed by atoms with E-state index in [2.05, 4.69) is 15.3 Å². The maximum atomic E-state index is 12.0. The second-order valence-corrected chi connectivity index (χ2v) is 7.06. The number of hydrogen-bond donors (Lipinski definition) is 3. The van der Waals surface area contributed by atoms with Crippen LogP contribution < -0.4 is 10.9 Å². The van der Waals surface area contributed by atoms with Gasteiger partial charge in [-0.25, -0.2) is 9.78 Å². The SMILES string of the molecule is CC(C)[C@@H](NC(=O)CCSCc1nc2ccccc2c(=O)[nH]1)C(=O)O. The van der Waals surface area contributed by atoms with Crippen molar-refractivity contribution >= 4 is 34.5 Å². The van der Waals surface area contributed by atoms with Gasteiger partial charge in [-0.2, -0.15) is 11.8 Å². The molecular weight excluding hydrogens is 342 g/mol. The average molecular weight is 363 g/mol. The first kappa shape index (κ1) is 19.0. The Kier molecular flexibility index (Phi) is 6.58. The molecule has 8 heteroatoms. The van der Waals surface area contributed by atoms with Crippen LogP contribution in [0.2, 0.25) is 0 Å². The fourth-order valence-corrected chi connectivity index (χ4v) is 3.10. The predicted molar refractivity (Wildman–Crippen MR) is 97.5 cm³/mol. The standard InChI is InChI=1S/C17H21N3O4S/c1-10(2)15(17(23)24)20-14(21)7-8-25-9-13-18-12-6-4-3-5-11(12)16(22)19-13/h3-6,10,15H,7-9H2,1-2H3,(H,20,21)(H,23,24)(H,18,19,22)/t15-/m1/s1. The van der Waals surface area contributed by atoms with Crippen LogP contribution in [0.5, 0.6) is 0 Å². The third-order valence-corrected chi connectivity index (χ3v) is 4.59. The van der Waals surface area contributed by atoms with E-state index >= 15 is 0 Å². The minimum Gasteiger partial charge on any atom is -0.480 e. The number of carbonyl (C=O) groups excluding carboxylic acids is 1. The van der Waals surface area contributed by atoms with Crippen LogP contribution in [0.15, 0.2) is 29.1 Å². The van der Waals surface area contributed by atoms with Crippen LogP contribution in [0.4, 0.5) is 0 Å². The van der Waals surface area contributed by atoms with E-state index in [0.29, 0.717) is 28.2 Å². The summed E-state index contributed by atoms with van der Waals surface area (Å²) in [6.45, 7) is 3.49. The third kappa shape index (κ3) is 5.32. The Morgan fingerprint density at radius 3 is 2.72 bits per heavy atom. The van der Waals surface area contributed by atoms with Gasteiger partial charge in [-0.1, -0.05) is 26.0 Å². The zero-order valence-corrected chi connectivity index (χ0v) is 14.9. The van der Waals surface area contributed by atoms with E-state index < -0.39 is 12.0 Å². The number of carboxylic acid groups (broad SMARTS) is 1. The van der Waals surface area contributed by atoms with Gasteiger partial charge >= 0.3 is 5.97 Å². The average Bonchev–Trinajstić information content (AvgIpc) is 2.56. The van der Waals surface area contributed by atoms with Crippen molar-refractivity contribution < 1.29 is 14.7 Å². The Bertz CT molecular complexity index is 819. The number of nitrogens with zero attached hydrogens (tertiary/aromatic N) is 1. The molecule has 134 valence electrons. The van der Waals surface area contributed by atoms with Crippen LogP contribution in [0, 0.1) is 5.92 Å². The van der Waals surface area contributed by atoms with Gasteiger partial charge in [-0.05, 0) is 18.1 Å².